The van der Waals surface area contributed by atoms with Gasteiger partial charge in [-0.05, 0) is 38.1 Å². The largest absolute Gasteiger partial charge is 0.490 e. The van der Waals surface area contributed by atoms with Crippen LogP contribution in [0.1, 0.15) is 20.3 Å². The number of hydrogen-bond acceptors (Lipinski definition) is 4. The van der Waals surface area contributed by atoms with Crippen LogP contribution in [0.3, 0.4) is 0 Å². The van der Waals surface area contributed by atoms with Gasteiger partial charge in [0, 0.05) is 17.8 Å². The third-order valence-electron chi connectivity index (χ3n) is 3.69. The summed E-state index contributed by atoms with van der Waals surface area (Å²) in [5.41, 5.74) is 15.3. The van der Waals surface area contributed by atoms with Crippen LogP contribution in [0.5, 0.6) is 11.5 Å². The van der Waals surface area contributed by atoms with Gasteiger partial charge in [0.05, 0.1) is 23.3 Å². The number of benzene rings is 2. The van der Waals surface area contributed by atoms with E-state index in [2.05, 4.69) is 0 Å². The number of nitrogens with two attached hydrogens (primary N) is 2. The average Bonchev–Trinajstić information content (AvgIpc) is 2.45. The Hall–Kier alpha value is -2.36. The highest BCUT2D eigenvalue weighted by Gasteiger charge is 2.23. The Morgan fingerprint density at radius 3 is 1.67 bits per heavy atom. The van der Waals surface area contributed by atoms with Crippen LogP contribution >= 0.6 is 0 Å². The number of hydrogen-bond donors (Lipinski definition) is 2. The first-order valence-corrected chi connectivity index (χ1v) is 7.17. The first kappa shape index (κ1) is 13.6. The van der Waals surface area contributed by atoms with Crippen molar-refractivity contribution in [3.05, 3.63) is 36.4 Å². The maximum Gasteiger partial charge on any atom is 0.129 e. The zero-order chi connectivity index (χ0) is 15.0. The summed E-state index contributed by atoms with van der Waals surface area (Å²) in [5.74, 6) is 1.50. The molecule has 0 unspecified atom stereocenters. The lowest BCUT2D eigenvalue weighted by Crippen LogP contribution is -2.22. The molecule has 4 N–H and O–H groups in total. The molecular formula is C17H20N2O2. The molecule has 1 aliphatic heterocycles. The van der Waals surface area contributed by atoms with Gasteiger partial charge in [-0.3, -0.25) is 0 Å². The van der Waals surface area contributed by atoms with Crippen LogP contribution in [0.4, 0.5) is 11.4 Å². The van der Waals surface area contributed by atoms with Crippen LogP contribution < -0.4 is 20.9 Å². The molecule has 4 nitrogen and oxygen atoms in total. The topological polar surface area (TPSA) is 70.5 Å². The molecule has 2 aromatic carbocycles. The standard InChI is InChI=1S/C17H20N2O2/c1-10-9-11(2)21-15-8-4-6-13(19)17(15)16-12(18)5-3-7-14(16)20-10/h3-8,10-11H,9,18-19H2,1-2H3/t10-,11-/m0/s1. The van der Waals surface area contributed by atoms with Gasteiger partial charge in [-0.2, -0.15) is 0 Å². The predicted molar refractivity (Wildman–Crippen MR) is 85.5 cm³/mol. The number of rotatable bonds is 0. The maximum absolute atomic E-state index is 6.19. The molecule has 2 atom stereocenters. The van der Waals surface area contributed by atoms with E-state index in [0.717, 1.165) is 29.0 Å². The quantitative estimate of drug-likeness (QED) is 0.727. The van der Waals surface area contributed by atoms with Gasteiger partial charge >= 0.3 is 0 Å². The van der Waals surface area contributed by atoms with E-state index in [1.54, 1.807) is 0 Å². The normalized spacial score (nSPS) is 20.9. The van der Waals surface area contributed by atoms with Crippen LogP contribution in [-0.4, -0.2) is 12.2 Å². The van der Waals surface area contributed by atoms with Crippen molar-refractivity contribution < 1.29 is 9.47 Å². The molecule has 0 saturated carbocycles. The maximum atomic E-state index is 6.19. The van der Waals surface area contributed by atoms with Crippen LogP contribution in [0.15, 0.2) is 36.4 Å². The van der Waals surface area contributed by atoms with E-state index < -0.39 is 0 Å². The number of nitrogen functional groups attached to an aromatic ring is 2. The first-order chi connectivity index (χ1) is 10.1. The van der Waals surface area contributed by atoms with Gasteiger partial charge in [-0.1, -0.05) is 12.1 Å². The monoisotopic (exact) mass is 284 g/mol. The molecule has 0 fully saturated rings. The molecule has 1 aliphatic rings. The summed E-state index contributed by atoms with van der Waals surface area (Å²) in [6.45, 7) is 4.07. The molecule has 0 bridgehead atoms. The number of fused-ring (bicyclic) bond motifs is 3. The summed E-state index contributed by atoms with van der Waals surface area (Å²) in [5, 5.41) is 0. The molecule has 4 heteroatoms. The highest BCUT2D eigenvalue weighted by molar-refractivity contribution is 5.92. The fourth-order valence-electron chi connectivity index (χ4n) is 2.82. The van der Waals surface area contributed by atoms with Crippen LogP contribution in [0.25, 0.3) is 11.1 Å². The second kappa shape index (κ2) is 5.20. The third-order valence-corrected chi connectivity index (χ3v) is 3.69. The molecule has 3 rings (SSSR count). The summed E-state index contributed by atoms with van der Waals surface area (Å²) < 4.78 is 12.1. The summed E-state index contributed by atoms with van der Waals surface area (Å²) >= 11 is 0. The van der Waals surface area contributed by atoms with Crippen molar-refractivity contribution in [2.75, 3.05) is 11.5 Å². The average molecular weight is 284 g/mol. The molecule has 21 heavy (non-hydrogen) atoms. The van der Waals surface area contributed by atoms with Gasteiger partial charge < -0.3 is 20.9 Å². The van der Waals surface area contributed by atoms with Crippen molar-refractivity contribution in [2.24, 2.45) is 0 Å². The lowest BCUT2D eigenvalue weighted by atomic mass is 9.99. The van der Waals surface area contributed by atoms with E-state index in [0.29, 0.717) is 11.4 Å². The van der Waals surface area contributed by atoms with Crippen LogP contribution in [0.2, 0.25) is 0 Å². The molecule has 2 aromatic rings. The van der Waals surface area contributed by atoms with Crippen LogP contribution in [-0.2, 0) is 0 Å². The molecule has 0 aromatic heterocycles. The lowest BCUT2D eigenvalue weighted by molar-refractivity contribution is 0.134. The van der Waals surface area contributed by atoms with E-state index in [-0.39, 0.29) is 12.2 Å². The van der Waals surface area contributed by atoms with Gasteiger partial charge in [0.2, 0.25) is 0 Å². The Labute approximate surface area is 124 Å². The predicted octanol–water partition coefficient (Wildman–Crippen LogP) is 3.46. The molecule has 0 spiro atoms. The van der Waals surface area contributed by atoms with Gasteiger partial charge in [-0.15, -0.1) is 0 Å². The molecule has 0 saturated heterocycles. The van der Waals surface area contributed by atoms with Crippen molar-refractivity contribution in [3.63, 3.8) is 0 Å². The summed E-state index contributed by atoms with van der Waals surface area (Å²) in [6.07, 6.45) is 0.870. The number of ether oxygens (including phenoxy) is 2. The lowest BCUT2D eigenvalue weighted by Gasteiger charge is -2.18. The first-order valence-electron chi connectivity index (χ1n) is 7.17. The van der Waals surface area contributed by atoms with Gasteiger partial charge in [0.15, 0.2) is 0 Å². The summed E-state index contributed by atoms with van der Waals surface area (Å²) in [7, 11) is 0. The molecule has 0 radical (unpaired) electrons. The van der Waals surface area contributed by atoms with Gasteiger partial charge in [-0.25, -0.2) is 0 Å². The minimum Gasteiger partial charge on any atom is -0.490 e. The van der Waals surface area contributed by atoms with Crippen molar-refractivity contribution in [3.8, 4) is 22.6 Å². The second-order valence-electron chi connectivity index (χ2n) is 5.53. The van der Waals surface area contributed by atoms with Crippen molar-refractivity contribution >= 4 is 11.4 Å². The Bertz CT molecular complexity index is 612. The minimum absolute atomic E-state index is 0.0380. The Balaban J connectivity index is 2.29. The van der Waals surface area contributed by atoms with Gasteiger partial charge in [0.1, 0.15) is 11.5 Å². The summed E-state index contributed by atoms with van der Waals surface area (Å²) in [4.78, 5) is 0. The van der Waals surface area contributed by atoms with Gasteiger partial charge in [0.25, 0.3) is 0 Å². The van der Waals surface area contributed by atoms with E-state index in [4.69, 9.17) is 20.9 Å². The van der Waals surface area contributed by atoms with Crippen molar-refractivity contribution in [1.29, 1.82) is 0 Å². The van der Waals surface area contributed by atoms with Crippen LogP contribution in [0, 0.1) is 0 Å². The second-order valence-corrected chi connectivity index (χ2v) is 5.53. The van der Waals surface area contributed by atoms with E-state index in [1.807, 2.05) is 50.2 Å². The Morgan fingerprint density at radius 2 is 1.24 bits per heavy atom. The molecule has 110 valence electrons. The smallest absolute Gasteiger partial charge is 0.129 e. The zero-order valence-corrected chi connectivity index (χ0v) is 12.3. The van der Waals surface area contributed by atoms with E-state index in [1.165, 1.54) is 0 Å². The fourth-order valence-corrected chi connectivity index (χ4v) is 2.82. The molecule has 1 heterocycles. The third kappa shape index (κ3) is 2.49. The van der Waals surface area contributed by atoms with E-state index >= 15 is 0 Å². The molecule has 0 aliphatic carbocycles. The number of anilines is 2. The Kier molecular flexibility index (Phi) is 3.37. The minimum atomic E-state index is 0.0380. The van der Waals surface area contributed by atoms with Crippen molar-refractivity contribution in [1.82, 2.24) is 0 Å². The zero-order valence-electron chi connectivity index (χ0n) is 12.3. The fraction of sp³-hybridized carbons (Fsp3) is 0.294. The Morgan fingerprint density at radius 1 is 0.810 bits per heavy atom. The van der Waals surface area contributed by atoms with Crippen molar-refractivity contribution in [2.45, 2.75) is 32.5 Å². The highest BCUT2D eigenvalue weighted by Crippen LogP contribution is 2.45. The van der Waals surface area contributed by atoms with E-state index in [9.17, 15) is 0 Å². The molecular weight excluding hydrogens is 264 g/mol. The molecule has 0 amide bonds. The highest BCUT2D eigenvalue weighted by atomic mass is 16.5. The summed E-state index contributed by atoms with van der Waals surface area (Å²) in [6, 6.07) is 11.3. The SMILES string of the molecule is C[C@H]1C[C@H](C)Oc2cccc(N)c2-c2c(N)cccc2O1.